The number of carbonyl (C=O) groups excluding carboxylic acids is 1. The molecule has 1 unspecified atom stereocenters. The van der Waals surface area contributed by atoms with E-state index in [1.54, 1.807) is 6.07 Å². The molecule has 24 heavy (non-hydrogen) atoms. The van der Waals surface area contributed by atoms with Crippen LogP contribution in [0.15, 0.2) is 36.4 Å². The van der Waals surface area contributed by atoms with Crippen LogP contribution in [0.1, 0.15) is 22.3 Å². The molecule has 2 aliphatic heterocycles. The molecule has 0 fully saturated rings. The van der Waals surface area contributed by atoms with Crippen LogP contribution in [0.5, 0.6) is 0 Å². The predicted molar refractivity (Wildman–Crippen MR) is 91.2 cm³/mol. The minimum atomic E-state index is -0.336. The van der Waals surface area contributed by atoms with E-state index < -0.39 is 0 Å². The van der Waals surface area contributed by atoms with Gasteiger partial charge >= 0.3 is 0 Å². The van der Waals surface area contributed by atoms with Gasteiger partial charge in [-0.3, -0.25) is 4.79 Å². The largest absolute Gasteiger partial charge is 0.322 e. The Bertz CT molecular complexity index is 790. The number of anilines is 1. The molecule has 124 valence electrons. The number of amides is 1. The molecule has 2 aromatic rings. The standard InChI is InChI=1S/C19H20FN3O/c20-18-15-7-8-21-10-14(15)5-6-16(18)23-19(24)17-9-12-3-1-2-4-13(12)11-22-17/h1-6,17,21-22H,7-11H2,(H,23,24). The van der Waals surface area contributed by atoms with Gasteiger partial charge in [0.1, 0.15) is 5.82 Å². The molecule has 0 aromatic heterocycles. The van der Waals surface area contributed by atoms with Gasteiger partial charge in [-0.15, -0.1) is 0 Å². The van der Waals surface area contributed by atoms with Gasteiger partial charge in [0.15, 0.2) is 0 Å². The van der Waals surface area contributed by atoms with Gasteiger partial charge in [-0.25, -0.2) is 4.39 Å². The van der Waals surface area contributed by atoms with Crippen molar-refractivity contribution >= 4 is 11.6 Å². The lowest BCUT2D eigenvalue weighted by atomic mass is 9.95. The van der Waals surface area contributed by atoms with E-state index >= 15 is 0 Å². The molecule has 5 heteroatoms. The molecule has 4 rings (SSSR count). The van der Waals surface area contributed by atoms with E-state index in [0.29, 0.717) is 31.5 Å². The van der Waals surface area contributed by atoms with Gasteiger partial charge < -0.3 is 16.0 Å². The van der Waals surface area contributed by atoms with Crippen LogP contribution in [-0.2, 0) is 30.7 Å². The number of carbonyl (C=O) groups is 1. The molecule has 0 spiro atoms. The highest BCUT2D eigenvalue weighted by atomic mass is 19.1. The normalized spacial score (nSPS) is 19.3. The quantitative estimate of drug-likeness (QED) is 0.793. The van der Waals surface area contributed by atoms with Crippen molar-refractivity contribution in [2.45, 2.75) is 32.0 Å². The molecule has 2 aromatic carbocycles. The Kier molecular flexibility index (Phi) is 4.04. The van der Waals surface area contributed by atoms with E-state index in [9.17, 15) is 9.18 Å². The third kappa shape index (κ3) is 2.81. The van der Waals surface area contributed by atoms with Crippen molar-refractivity contribution in [2.75, 3.05) is 11.9 Å². The second-order valence-corrected chi connectivity index (χ2v) is 6.39. The average molecular weight is 325 g/mol. The first-order chi connectivity index (χ1) is 11.7. The first-order valence-corrected chi connectivity index (χ1v) is 8.34. The van der Waals surface area contributed by atoms with E-state index in [-0.39, 0.29) is 23.5 Å². The van der Waals surface area contributed by atoms with Gasteiger partial charge in [0.2, 0.25) is 5.91 Å². The fraction of sp³-hybridized carbons (Fsp3) is 0.316. The van der Waals surface area contributed by atoms with E-state index in [4.69, 9.17) is 0 Å². The van der Waals surface area contributed by atoms with Crippen molar-refractivity contribution in [1.82, 2.24) is 10.6 Å². The maximum atomic E-state index is 14.7. The first-order valence-electron chi connectivity index (χ1n) is 8.34. The Morgan fingerprint density at radius 2 is 1.92 bits per heavy atom. The molecule has 0 saturated carbocycles. The van der Waals surface area contributed by atoms with Crippen molar-refractivity contribution < 1.29 is 9.18 Å². The van der Waals surface area contributed by atoms with Crippen LogP contribution in [0.3, 0.4) is 0 Å². The summed E-state index contributed by atoms with van der Waals surface area (Å²) in [4.78, 5) is 12.5. The van der Waals surface area contributed by atoms with E-state index in [1.165, 1.54) is 11.1 Å². The van der Waals surface area contributed by atoms with Crippen molar-refractivity contribution in [3.05, 3.63) is 64.5 Å². The number of benzene rings is 2. The van der Waals surface area contributed by atoms with Gasteiger partial charge in [-0.05, 0) is 47.7 Å². The van der Waals surface area contributed by atoms with Gasteiger partial charge in [0.05, 0.1) is 11.7 Å². The number of hydrogen-bond donors (Lipinski definition) is 3. The minimum absolute atomic E-state index is 0.183. The maximum absolute atomic E-state index is 14.7. The third-order valence-corrected chi connectivity index (χ3v) is 4.86. The summed E-state index contributed by atoms with van der Waals surface area (Å²) >= 11 is 0. The van der Waals surface area contributed by atoms with Crippen LogP contribution in [0.4, 0.5) is 10.1 Å². The van der Waals surface area contributed by atoms with Gasteiger partial charge in [-0.1, -0.05) is 30.3 Å². The molecule has 0 bridgehead atoms. The van der Waals surface area contributed by atoms with Crippen LogP contribution >= 0.6 is 0 Å². The average Bonchev–Trinajstić information content (AvgIpc) is 2.64. The summed E-state index contributed by atoms with van der Waals surface area (Å²) in [5.41, 5.74) is 4.36. The van der Waals surface area contributed by atoms with Crippen LogP contribution in [0.25, 0.3) is 0 Å². The second-order valence-electron chi connectivity index (χ2n) is 6.39. The second kappa shape index (κ2) is 6.34. The van der Waals surface area contributed by atoms with E-state index in [1.807, 2.05) is 24.3 Å². The highest BCUT2D eigenvalue weighted by molar-refractivity contribution is 5.95. The maximum Gasteiger partial charge on any atom is 0.241 e. The summed E-state index contributed by atoms with van der Waals surface area (Å²) in [6.45, 7) is 2.11. The smallest absolute Gasteiger partial charge is 0.241 e. The van der Waals surface area contributed by atoms with Gasteiger partial charge in [0, 0.05) is 13.1 Å². The Balaban J connectivity index is 1.51. The molecule has 0 radical (unpaired) electrons. The van der Waals surface area contributed by atoms with E-state index in [2.05, 4.69) is 22.0 Å². The monoisotopic (exact) mass is 325 g/mol. The zero-order valence-corrected chi connectivity index (χ0v) is 13.4. The predicted octanol–water partition coefficient (Wildman–Crippen LogP) is 2.12. The van der Waals surface area contributed by atoms with Crippen molar-refractivity contribution in [3.63, 3.8) is 0 Å². The number of nitrogens with one attached hydrogen (secondary N) is 3. The fourth-order valence-electron chi connectivity index (χ4n) is 3.49. The Labute approximate surface area is 140 Å². The first kappa shape index (κ1) is 15.3. The van der Waals surface area contributed by atoms with Crippen LogP contribution in [-0.4, -0.2) is 18.5 Å². The van der Waals surface area contributed by atoms with Crippen molar-refractivity contribution in [2.24, 2.45) is 0 Å². The van der Waals surface area contributed by atoms with Crippen molar-refractivity contribution in [1.29, 1.82) is 0 Å². The molecule has 0 saturated heterocycles. The molecular formula is C19H20FN3O. The topological polar surface area (TPSA) is 53.2 Å². The lowest BCUT2D eigenvalue weighted by Crippen LogP contribution is -2.44. The number of halogens is 1. The molecular weight excluding hydrogens is 305 g/mol. The Morgan fingerprint density at radius 1 is 1.08 bits per heavy atom. The molecule has 3 N–H and O–H groups in total. The number of rotatable bonds is 2. The van der Waals surface area contributed by atoms with E-state index in [0.717, 1.165) is 12.1 Å². The van der Waals surface area contributed by atoms with Gasteiger partial charge in [-0.2, -0.15) is 0 Å². The molecule has 1 amide bonds. The minimum Gasteiger partial charge on any atom is -0.322 e. The highest BCUT2D eigenvalue weighted by Crippen LogP contribution is 2.25. The summed E-state index contributed by atoms with van der Waals surface area (Å²) in [7, 11) is 0. The van der Waals surface area contributed by atoms with Crippen LogP contribution in [0, 0.1) is 5.82 Å². The highest BCUT2D eigenvalue weighted by Gasteiger charge is 2.25. The lowest BCUT2D eigenvalue weighted by molar-refractivity contribution is -0.118. The zero-order chi connectivity index (χ0) is 16.5. The number of fused-ring (bicyclic) bond motifs is 2. The summed E-state index contributed by atoms with van der Waals surface area (Å²) < 4.78 is 14.7. The summed E-state index contributed by atoms with van der Waals surface area (Å²) in [5.74, 6) is -0.476. The van der Waals surface area contributed by atoms with Crippen LogP contribution in [0.2, 0.25) is 0 Å². The van der Waals surface area contributed by atoms with Crippen molar-refractivity contribution in [3.8, 4) is 0 Å². The molecule has 2 heterocycles. The summed E-state index contributed by atoms with van der Waals surface area (Å²) in [6, 6.07) is 11.3. The Hall–Kier alpha value is -2.24. The Morgan fingerprint density at radius 3 is 2.79 bits per heavy atom. The van der Waals surface area contributed by atoms with Gasteiger partial charge in [0.25, 0.3) is 0 Å². The molecule has 2 aliphatic rings. The zero-order valence-electron chi connectivity index (χ0n) is 13.4. The fourth-order valence-corrected chi connectivity index (χ4v) is 3.49. The lowest BCUT2D eigenvalue weighted by Gasteiger charge is -2.26. The molecule has 0 aliphatic carbocycles. The summed E-state index contributed by atoms with van der Waals surface area (Å²) in [6.07, 6.45) is 1.28. The van der Waals surface area contributed by atoms with Crippen LogP contribution < -0.4 is 16.0 Å². The SMILES string of the molecule is O=C(Nc1ccc2c(c1F)CCNC2)C1Cc2ccccc2CN1. The number of hydrogen-bond acceptors (Lipinski definition) is 3. The molecule has 4 nitrogen and oxygen atoms in total. The molecule has 1 atom stereocenters. The third-order valence-electron chi connectivity index (χ3n) is 4.86. The summed E-state index contributed by atoms with van der Waals surface area (Å²) in [5, 5.41) is 9.22.